The van der Waals surface area contributed by atoms with Gasteiger partial charge in [-0.1, -0.05) is 12.1 Å². The van der Waals surface area contributed by atoms with Crippen molar-refractivity contribution in [3.8, 4) is 11.5 Å². The number of aliphatic carboxylic acids is 1. The number of rotatable bonds is 2. The zero-order valence-corrected chi connectivity index (χ0v) is 7.27. The largest absolute Gasteiger partial charge is 0.480 e. The Labute approximate surface area is 80.0 Å². The van der Waals surface area contributed by atoms with Crippen LogP contribution in [-0.4, -0.2) is 17.9 Å². The Morgan fingerprint density at radius 2 is 2.29 bits per heavy atom. The molecule has 5 nitrogen and oxygen atoms in total. The molecule has 0 aliphatic carbocycles. The molecule has 0 saturated heterocycles. The lowest BCUT2D eigenvalue weighted by Gasteiger charge is -2.09. The van der Waals surface area contributed by atoms with Crippen LogP contribution >= 0.6 is 0 Å². The van der Waals surface area contributed by atoms with Gasteiger partial charge in [0.1, 0.15) is 6.04 Å². The van der Waals surface area contributed by atoms with Crippen molar-refractivity contribution in [1.82, 2.24) is 0 Å². The van der Waals surface area contributed by atoms with Crippen LogP contribution in [0, 0.1) is 0 Å². The van der Waals surface area contributed by atoms with Crippen molar-refractivity contribution in [3.63, 3.8) is 0 Å². The van der Waals surface area contributed by atoms with E-state index in [4.69, 9.17) is 20.3 Å². The third kappa shape index (κ3) is 1.27. The van der Waals surface area contributed by atoms with Gasteiger partial charge in [-0.25, -0.2) is 0 Å². The molecular formula is C9H9NO4. The van der Waals surface area contributed by atoms with Crippen LogP contribution in [0.2, 0.25) is 0 Å². The summed E-state index contributed by atoms with van der Waals surface area (Å²) < 4.78 is 10.2. The van der Waals surface area contributed by atoms with Crippen molar-refractivity contribution in [2.45, 2.75) is 6.04 Å². The van der Waals surface area contributed by atoms with Crippen molar-refractivity contribution in [2.24, 2.45) is 5.73 Å². The van der Waals surface area contributed by atoms with E-state index in [1.165, 1.54) is 0 Å². The number of nitrogens with two attached hydrogens (primary N) is 1. The first-order valence-electron chi connectivity index (χ1n) is 4.07. The van der Waals surface area contributed by atoms with Gasteiger partial charge in [0.25, 0.3) is 0 Å². The maximum atomic E-state index is 10.7. The van der Waals surface area contributed by atoms with Crippen LogP contribution in [0.3, 0.4) is 0 Å². The van der Waals surface area contributed by atoms with Gasteiger partial charge in [-0.15, -0.1) is 0 Å². The minimum absolute atomic E-state index is 0.110. The quantitative estimate of drug-likeness (QED) is 0.718. The summed E-state index contributed by atoms with van der Waals surface area (Å²) >= 11 is 0. The molecule has 0 aromatic heterocycles. The normalized spacial score (nSPS) is 15.2. The summed E-state index contributed by atoms with van der Waals surface area (Å²) in [6, 6.07) is 3.94. The highest BCUT2D eigenvalue weighted by atomic mass is 16.7. The summed E-state index contributed by atoms with van der Waals surface area (Å²) in [4.78, 5) is 10.7. The molecule has 0 amide bonds. The second kappa shape index (κ2) is 3.19. The van der Waals surface area contributed by atoms with Crippen LogP contribution in [-0.2, 0) is 4.79 Å². The van der Waals surface area contributed by atoms with Gasteiger partial charge in [0.2, 0.25) is 6.79 Å². The van der Waals surface area contributed by atoms with Crippen molar-refractivity contribution in [1.29, 1.82) is 0 Å². The number of carboxylic acids is 1. The lowest BCUT2D eigenvalue weighted by atomic mass is 10.1. The van der Waals surface area contributed by atoms with E-state index in [9.17, 15) is 4.79 Å². The highest BCUT2D eigenvalue weighted by Crippen LogP contribution is 2.37. The van der Waals surface area contributed by atoms with Crippen molar-refractivity contribution in [2.75, 3.05) is 6.79 Å². The van der Waals surface area contributed by atoms with Gasteiger partial charge in [0, 0.05) is 5.56 Å². The van der Waals surface area contributed by atoms with Crippen LogP contribution in [0.25, 0.3) is 0 Å². The Balaban J connectivity index is 2.44. The Bertz CT molecular complexity index is 377. The van der Waals surface area contributed by atoms with E-state index >= 15 is 0 Å². The van der Waals surface area contributed by atoms with Crippen LogP contribution in [0.15, 0.2) is 18.2 Å². The number of hydrogen-bond acceptors (Lipinski definition) is 4. The molecule has 0 unspecified atom stereocenters. The van der Waals surface area contributed by atoms with Crippen LogP contribution < -0.4 is 15.2 Å². The van der Waals surface area contributed by atoms with Gasteiger partial charge in [-0.2, -0.15) is 0 Å². The second-order valence-corrected chi connectivity index (χ2v) is 2.90. The number of carbonyl (C=O) groups is 1. The minimum atomic E-state index is -1.09. The molecule has 5 heteroatoms. The van der Waals surface area contributed by atoms with Crippen LogP contribution in [0.5, 0.6) is 11.5 Å². The first-order valence-corrected chi connectivity index (χ1v) is 4.07. The fourth-order valence-corrected chi connectivity index (χ4v) is 1.33. The molecule has 2 rings (SSSR count). The summed E-state index contributed by atoms with van der Waals surface area (Å²) in [6.07, 6.45) is 0. The van der Waals surface area contributed by atoms with Crippen molar-refractivity contribution in [3.05, 3.63) is 23.8 Å². The predicted molar refractivity (Wildman–Crippen MR) is 47.1 cm³/mol. The summed E-state index contributed by atoms with van der Waals surface area (Å²) in [5.41, 5.74) is 5.91. The van der Waals surface area contributed by atoms with E-state index in [0.29, 0.717) is 17.1 Å². The summed E-state index contributed by atoms with van der Waals surface area (Å²) in [7, 11) is 0. The molecule has 14 heavy (non-hydrogen) atoms. The van der Waals surface area contributed by atoms with E-state index in [-0.39, 0.29) is 6.79 Å². The summed E-state index contributed by atoms with van der Waals surface area (Å²) in [5.74, 6) is -0.115. The molecule has 1 aliphatic rings. The molecule has 0 bridgehead atoms. The van der Waals surface area contributed by atoms with Crippen LogP contribution in [0.4, 0.5) is 0 Å². The SMILES string of the molecule is N[C@H](C(=O)O)c1cccc2c1OCO2. The number of hydrogen-bond donors (Lipinski definition) is 2. The molecule has 0 spiro atoms. The Hall–Kier alpha value is -1.75. The van der Waals surface area contributed by atoms with Gasteiger partial charge >= 0.3 is 5.97 Å². The Morgan fingerprint density at radius 3 is 3.00 bits per heavy atom. The fraction of sp³-hybridized carbons (Fsp3) is 0.222. The summed E-state index contributed by atoms with van der Waals surface area (Å²) in [5, 5.41) is 8.75. The van der Waals surface area contributed by atoms with Crippen molar-refractivity contribution < 1.29 is 19.4 Å². The first kappa shape index (κ1) is 8.83. The molecule has 1 aliphatic heterocycles. The monoisotopic (exact) mass is 195 g/mol. The third-order valence-corrected chi connectivity index (χ3v) is 2.03. The highest BCUT2D eigenvalue weighted by molar-refractivity contribution is 5.77. The molecule has 1 heterocycles. The zero-order valence-electron chi connectivity index (χ0n) is 7.27. The molecule has 74 valence electrons. The molecule has 0 fully saturated rings. The van der Waals surface area contributed by atoms with Gasteiger partial charge < -0.3 is 20.3 Å². The maximum Gasteiger partial charge on any atom is 0.325 e. The number of fused-ring (bicyclic) bond motifs is 1. The van der Waals surface area contributed by atoms with Crippen molar-refractivity contribution >= 4 is 5.97 Å². The highest BCUT2D eigenvalue weighted by Gasteiger charge is 2.24. The fourth-order valence-electron chi connectivity index (χ4n) is 1.33. The predicted octanol–water partition coefficient (Wildman–Crippen LogP) is 0.500. The topological polar surface area (TPSA) is 81.8 Å². The molecule has 3 N–H and O–H groups in total. The van der Waals surface area contributed by atoms with E-state index in [2.05, 4.69) is 0 Å². The minimum Gasteiger partial charge on any atom is -0.480 e. The Kier molecular flexibility index (Phi) is 2.01. The maximum absolute atomic E-state index is 10.7. The average Bonchev–Trinajstić information content (AvgIpc) is 2.63. The van der Waals surface area contributed by atoms with Gasteiger partial charge in [-0.05, 0) is 6.07 Å². The summed E-state index contributed by atoms with van der Waals surface area (Å²) in [6.45, 7) is 0.110. The first-order chi connectivity index (χ1) is 6.70. The lowest BCUT2D eigenvalue weighted by Crippen LogP contribution is -2.20. The zero-order chi connectivity index (χ0) is 10.1. The van der Waals surface area contributed by atoms with Gasteiger partial charge in [-0.3, -0.25) is 4.79 Å². The van der Waals surface area contributed by atoms with Gasteiger partial charge in [0.05, 0.1) is 0 Å². The van der Waals surface area contributed by atoms with E-state index in [1.807, 2.05) is 0 Å². The number of ether oxygens (including phenoxy) is 2. The lowest BCUT2D eigenvalue weighted by molar-refractivity contribution is -0.138. The van der Waals surface area contributed by atoms with E-state index in [1.54, 1.807) is 18.2 Å². The molecule has 1 aromatic rings. The number of para-hydroxylation sites is 1. The molecular weight excluding hydrogens is 186 g/mol. The van der Waals surface area contributed by atoms with E-state index in [0.717, 1.165) is 0 Å². The van der Waals surface area contributed by atoms with Gasteiger partial charge in [0.15, 0.2) is 11.5 Å². The average molecular weight is 195 g/mol. The molecule has 0 saturated carbocycles. The third-order valence-electron chi connectivity index (χ3n) is 2.03. The number of carboxylic acid groups (broad SMARTS) is 1. The molecule has 0 radical (unpaired) electrons. The standard InChI is InChI=1S/C9H9NO4/c10-7(9(11)12)5-2-1-3-6-8(5)14-4-13-6/h1-3,7H,4,10H2,(H,11,12)/t7-/m0/s1. The smallest absolute Gasteiger partial charge is 0.325 e. The Morgan fingerprint density at radius 1 is 1.50 bits per heavy atom. The second-order valence-electron chi connectivity index (χ2n) is 2.90. The number of benzene rings is 1. The molecule has 1 atom stereocenters. The van der Waals surface area contributed by atoms with Crippen LogP contribution in [0.1, 0.15) is 11.6 Å². The molecule has 1 aromatic carbocycles. The van der Waals surface area contributed by atoms with E-state index < -0.39 is 12.0 Å².